The van der Waals surface area contributed by atoms with Gasteiger partial charge in [0.25, 0.3) is 0 Å². The summed E-state index contributed by atoms with van der Waals surface area (Å²) in [6.07, 6.45) is 6.08. The Morgan fingerprint density at radius 3 is 2.93 bits per heavy atom. The lowest BCUT2D eigenvalue weighted by molar-refractivity contribution is 0.137. The molecule has 0 amide bonds. The van der Waals surface area contributed by atoms with Crippen molar-refractivity contribution in [1.29, 1.82) is 0 Å². The highest BCUT2D eigenvalue weighted by Crippen LogP contribution is 2.29. The lowest BCUT2D eigenvalue weighted by Crippen LogP contribution is -2.32. The van der Waals surface area contributed by atoms with E-state index in [9.17, 15) is 0 Å². The Balaban J connectivity index is 1.78. The molecule has 1 saturated carbocycles. The van der Waals surface area contributed by atoms with Gasteiger partial charge in [-0.3, -0.25) is 4.90 Å². The van der Waals surface area contributed by atoms with Gasteiger partial charge in [-0.2, -0.15) is 0 Å². The first-order chi connectivity index (χ1) is 7.38. The van der Waals surface area contributed by atoms with E-state index in [4.69, 9.17) is 9.84 Å². The van der Waals surface area contributed by atoms with Gasteiger partial charge >= 0.3 is 0 Å². The lowest BCUT2D eigenvalue weighted by atomic mass is 10.2. The average molecular weight is 211 g/mol. The summed E-state index contributed by atoms with van der Waals surface area (Å²) in [6, 6.07) is 0. The fourth-order valence-corrected chi connectivity index (χ4v) is 2.05. The second-order valence-corrected chi connectivity index (χ2v) is 4.61. The smallest absolute Gasteiger partial charge is 0.0689 e. The van der Waals surface area contributed by atoms with E-state index < -0.39 is 0 Å². The molecule has 3 nitrogen and oxygen atoms in total. The number of aliphatic hydroxyl groups is 1. The highest BCUT2D eigenvalue weighted by Gasteiger charge is 2.24. The van der Waals surface area contributed by atoms with E-state index in [0.717, 1.165) is 45.2 Å². The van der Waals surface area contributed by atoms with E-state index in [1.165, 1.54) is 18.4 Å². The van der Waals surface area contributed by atoms with Crippen molar-refractivity contribution in [2.45, 2.75) is 19.3 Å². The van der Waals surface area contributed by atoms with E-state index in [1.807, 2.05) is 0 Å². The number of aliphatic hydroxyl groups excluding tert-OH is 1. The Bertz CT molecular complexity index is 224. The monoisotopic (exact) mass is 211 g/mol. The molecule has 15 heavy (non-hydrogen) atoms. The molecule has 86 valence electrons. The van der Waals surface area contributed by atoms with E-state index >= 15 is 0 Å². The molecule has 1 aliphatic carbocycles. The zero-order valence-corrected chi connectivity index (χ0v) is 9.32. The van der Waals surface area contributed by atoms with Crippen molar-refractivity contribution < 1.29 is 9.84 Å². The molecule has 1 fully saturated rings. The molecule has 0 unspecified atom stereocenters. The quantitative estimate of drug-likeness (QED) is 0.666. The van der Waals surface area contributed by atoms with Gasteiger partial charge in [0.15, 0.2) is 0 Å². The molecule has 0 bridgehead atoms. The zero-order valence-electron chi connectivity index (χ0n) is 9.32. The van der Waals surface area contributed by atoms with Gasteiger partial charge in [0.05, 0.1) is 19.8 Å². The Morgan fingerprint density at radius 2 is 2.33 bits per heavy atom. The van der Waals surface area contributed by atoms with Crippen LogP contribution in [-0.2, 0) is 4.74 Å². The molecule has 0 radical (unpaired) electrons. The topological polar surface area (TPSA) is 32.7 Å². The Hall–Kier alpha value is -0.380. The molecule has 0 aromatic heterocycles. The maximum atomic E-state index is 9.01. The predicted octanol–water partition coefficient (Wildman–Crippen LogP) is 1.04. The van der Waals surface area contributed by atoms with Crippen LogP contribution in [0.1, 0.15) is 19.3 Å². The first kappa shape index (κ1) is 11.1. The van der Waals surface area contributed by atoms with Crippen molar-refractivity contribution >= 4 is 0 Å². The number of nitrogens with zero attached hydrogens (tertiary/aromatic N) is 1. The fraction of sp³-hybridized carbons (Fsp3) is 0.833. The molecule has 3 heteroatoms. The van der Waals surface area contributed by atoms with E-state index in [2.05, 4.69) is 11.0 Å². The Kier molecular flexibility index (Phi) is 4.18. The van der Waals surface area contributed by atoms with Crippen LogP contribution in [0.4, 0.5) is 0 Å². The molecule has 1 aliphatic heterocycles. The SMILES string of the molecule is OCCN(CC1=CCCOC1)CC1CC1. The van der Waals surface area contributed by atoms with Crippen molar-refractivity contribution in [3.05, 3.63) is 11.6 Å². The summed E-state index contributed by atoms with van der Waals surface area (Å²) in [5, 5.41) is 9.01. The third-order valence-corrected chi connectivity index (χ3v) is 3.04. The maximum absolute atomic E-state index is 9.01. The van der Waals surface area contributed by atoms with Gasteiger partial charge in [-0.15, -0.1) is 0 Å². The van der Waals surface area contributed by atoms with E-state index in [0.29, 0.717) is 0 Å². The largest absolute Gasteiger partial charge is 0.395 e. The minimum Gasteiger partial charge on any atom is -0.395 e. The van der Waals surface area contributed by atoms with Crippen LogP contribution in [-0.4, -0.2) is 49.5 Å². The summed E-state index contributed by atoms with van der Waals surface area (Å²) in [6.45, 7) is 4.85. The minimum atomic E-state index is 0.265. The number of ether oxygens (including phenoxy) is 1. The van der Waals surface area contributed by atoms with Gasteiger partial charge < -0.3 is 9.84 Å². The van der Waals surface area contributed by atoms with Gasteiger partial charge in [0.1, 0.15) is 0 Å². The Morgan fingerprint density at radius 1 is 1.47 bits per heavy atom. The summed E-state index contributed by atoms with van der Waals surface area (Å²) < 4.78 is 5.42. The highest BCUT2D eigenvalue weighted by molar-refractivity contribution is 5.07. The molecular weight excluding hydrogens is 190 g/mol. The number of rotatable bonds is 6. The third kappa shape index (κ3) is 3.93. The van der Waals surface area contributed by atoms with Crippen LogP contribution in [0.15, 0.2) is 11.6 Å². The van der Waals surface area contributed by atoms with Crippen molar-refractivity contribution in [3.8, 4) is 0 Å². The number of hydrogen-bond donors (Lipinski definition) is 1. The molecule has 0 aromatic rings. The van der Waals surface area contributed by atoms with Crippen molar-refractivity contribution in [2.24, 2.45) is 5.92 Å². The second-order valence-electron chi connectivity index (χ2n) is 4.61. The zero-order chi connectivity index (χ0) is 10.5. The van der Waals surface area contributed by atoms with Gasteiger partial charge in [0.2, 0.25) is 0 Å². The summed E-state index contributed by atoms with van der Waals surface area (Å²) in [7, 11) is 0. The second kappa shape index (κ2) is 5.64. The minimum absolute atomic E-state index is 0.265. The predicted molar refractivity (Wildman–Crippen MR) is 59.8 cm³/mol. The van der Waals surface area contributed by atoms with Gasteiger partial charge in [-0.25, -0.2) is 0 Å². The Labute approximate surface area is 91.7 Å². The molecule has 0 saturated heterocycles. The summed E-state index contributed by atoms with van der Waals surface area (Å²) >= 11 is 0. The molecular formula is C12H21NO2. The van der Waals surface area contributed by atoms with Crippen LogP contribution in [0.25, 0.3) is 0 Å². The molecule has 1 heterocycles. The van der Waals surface area contributed by atoms with Crippen LogP contribution >= 0.6 is 0 Å². The lowest BCUT2D eigenvalue weighted by Gasteiger charge is -2.24. The normalized spacial score (nSPS) is 21.9. The number of hydrogen-bond acceptors (Lipinski definition) is 3. The molecule has 2 aliphatic rings. The van der Waals surface area contributed by atoms with Crippen LogP contribution in [0, 0.1) is 5.92 Å². The molecule has 1 N–H and O–H groups in total. The summed E-state index contributed by atoms with van der Waals surface area (Å²) in [5.74, 6) is 0.890. The standard InChI is InChI=1S/C12H21NO2/c14-6-5-13(8-11-3-4-11)9-12-2-1-7-15-10-12/h2,11,14H,1,3-10H2. The molecule has 0 atom stereocenters. The van der Waals surface area contributed by atoms with Crippen LogP contribution in [0.3, 0.4) is 0 Å². The van der Waals surface area contributed by atoms with Gasteiger partial charge in [0, 0.05) is 19.6 Å². The third-order valence-electron chi connectivity index (χ3n) is 3.04. The first-order valence-corrected chi connectivity index (χ1v) is 5.97. The fourth-order valence-electron chi connectivity index (χ4n) is 2.05. The van der Waals surface area contributed by atoms with E-state index in [1.54, 1.807) is 0 Å². The summed E-state index contributed by atoms with van der Waals surface area (Å²) in [5.41, 5.74) is 1.38. The van der Waals surface area contributed by atoms with Crippen LogP contribution in [0.5, 0.6) is 0 Å². The summed E-state index contributed by atoms with van der Waals surface area (Å²) in [4.78, 5) is 2.36. The molecule has 0 aromatic carbocycles. The van der Waals surface area contributed by atoms with Crippen LogP contribution in [0.2, 0.25) is 0 Å². The van der Waals surface area contributed by atoms with Gasteiger partial charge in [-0.05, 0) is 30.8 Å². The molecule has 0 spiro atoms. The molecule has 2 rings (SSSR count). The van der Waals surface area contributed by atoms with Gasteiger partial charge in [-0.1, -0.05) is 6.08 Å². The maximum Gasteiger partial charge on any atom is 0.0689 e. The van der Waals surface area contributed by atoms with Crippen molar-refractivity contribution in [3.63, 3.8) is 0 Å². The highest BCUT2D eigenvalue weighted by atomic mass is 16.5. The van der Waals surface area contributed by atoms with Crippen molar-refractivity contribution in [1.82, 2.24) is 4.90 Å². The van der Waals surface area contributed by atoms with Crippen molar-refractivity contribution in [2.75, 3.05) is 39.5 Å². The first-order valence-electron chi connectivity index (χ1n) is 5.97. The average Bonchev–Trinajstić information content (AvgIpc) is 3.03. The van der Waals surface area contributed by atoms with Crippen LogP contribution < -0.4 is 0 Å². The van der Waals surface area contributed by atoms with E-state index in [-0.39, 0.29) is 6.61 Å².